The van der Waals surface area contributed by atoms with Crippen molar-refractivity contribution in [3.63, 3.8) is 0 Å². The molecule has 4 atom stereocenters. The van der Waals surface area contributed by atoms with Gasteiger partial charge in [-0.1, -0.05) is 54.6 Å². The Kier molecular flexibility index (Phi) is 5.08. The fourth-order valence-corrected chi connectivity index (χ4v) is 2.81. The van der Waals surface area contributed by atoms with Crippen molar-refractivity contribution in [3.05, 3.63) is 60.2 Å². The zero-order valence-electron chi connectivity index (χ0n) is 13.3. The highest BCUT2D eigenvalue weighted by atomic mass is 16.7. The average molecular weight is 313 g/mol. The Hall–Kier alpha value is -1.72. The quantitative estimate of drug-likeness (QED) is 0.911. The fraction of sp³-hybridized carbons (Fsp3) is 0.368. The molecule has 23 heavy (non-hydrogen) atoms. The molecule has 0 radical (unpaired) electrons. The van der Waals surface area contributed by atoms with Crippen molar-refractivity contribution < 1.29 is 14.6 Å². The van der Waals surface area contributed by atoms with Crippen molar-refractivity contribution in [2.75, 3.05) is 0 Å². The van der Waals surface area contributed by atoms with Crippen LogP contribution in [0.15, 0.2) is 54.6 Å². The maximum absolute atomic E-state index is 9.78. The highest BCUT2D eigenvalue weighted by Crippen LogP contribution is 2.22. The summed E-state index contributed by atoms with van der Waals surface area (Å²) >= 11 is 0. The van der Waals surface area contributed by atoms with Gasteiger partial charge >= 0.3 is 0 Å². The molecule has 2 aromatic carbocycles. The van der Waals surface area contributed by atoms with Crippen LogP contribution < -0.4 is 5.73 Å². The molecule has 0 aliphatic carbocycles. The standard InChI is InChI=1S/C19H23NO3/c1-13-19(21)17(20)11-18(23-13)22-12-14-7-9-16(10-8-14)15-5-3-2-4-6-15/h2-10,13,17-19,21H,11-12,20H2,1H3/t13-,17-,18-,19+/m1/s1. The first-order chi connectivity index (χ1) is 11.1. The molecule has 1 aliphatic rings. The van der Waals surface area contributed by atoms with Gasteiger partial charge in [-0.15, -0.1) is 0 Å². The van der Waals surface area contributed by atoms with Crippen LogP contribution in [-0.2, 0) is 16.1 Å². The SMILES string of the molecule is C[C@H]1O[C@@H](OCc2ccc(-c3ccccc3)cc2)C[C@@H](N)[C@H]1O. The molecular weight excluding hydrogens is 290 g/mol. The van der Waals surface area contributed by atoms with Gasteiger partial charge in [0.25, 0.3) is 0 Å². The van der Waals surface area contributed by atoms with Crippen molar-refractivity contribution in [2.45, 2.75) is 44.5 Å². The van der Waals surface area contributed by atoms with Crippen LogP contribution in [0.3, 0.4) is 0 Å². The minimum atomic E-state index is -0.625. The van der Waals surface area contributed by atoms with Gasteiger partial charge in [0.1, 0.15) is 0 Å². The van der Waals surface area contributed by atoms with E-state index >= 15 is 0 Å². The Bertz CT molecular complexity index is 602. The van der Waals surface area contributed by atoms with Crippen LogP contribution in [-0.4, -0.2) is 29.6 Å². The van der Waals surface area contributed by atoms with E-state index in [-0.39, 0.29) is 18.4 Å². The number of aliphatic hydroxyl groups is 1. The van der Waals surface area contributed by atoms with Crippen LogP contribution in [0.25, 0.3) is 11.1 Å². The van der Waals surface area contributed by atoms with Crippen LogP contribution in [0.5, 0.6) is 0 Å². The van der Waals surface area contributed by atoms with Gasteiger partial charge in [0.05, 0.1) is 18.8 Å². The molecule has 0 spiro atoms. The van der Waals surface area contributed by atoms with E-state index in [4.69, 9.17) is 15.2 Å². The first-order valence-corrected chi connectivity index (χ1v) is 7.98. The topological polar surface area (TPSA) is 64.7 Å². The molecule has 122 valence electrons. The van der Waals surface area contributed by atoms with Gasteiger partial charge in [-0.25, -0.2) is 0 Å². The summed E-state index contributed by atoms with van der Waals surface area (Å²) in [5, 5.41) is 9.78. The Morgan fingerprint density at radius 2 is 1.74 bits per heavy atom. The van der Waals surface area contributed by atoms with Gasteiger partial charge in [0, 0.05) is 12.5 Å². The van der Waals surface area contributed by atoms with Crippen LogP contribution >= 0.6 is 0 Å². The van der Waals surface area contributed by atoms with E-state index in [1.54, 1.807) is 0 Å². The molecule has 0 saturated carbocycles. The minimum absolute atomic E-state index is 0.302. The van der Waals surface area contributed by atoms with Crippen LogP contribution in [0.2, 0.25) is 0 Å². The molecule has 0 bridgehead atoms. The second kappa shape index (κ2) is 7.23. The predicted molar refractivity (Wildman–Crippen MR) is 89.6 cm³/mol. The van der Waals surface area contributed by atoms with E-state index in [2.05, 4.69) is 36.4 Å². The van der Waals surface area contributed by atoms with Gasteiger partial charge in [0.15, 0.2) is 6.29 Å². The Morgan fingerprint density at radius 3 is 2.39 bits per heavy atom. The largest absolute Gasteiger partial charge is 0.389 e. The van der Waals surface area contributed by atoms with Crippen molar-refractivity contribution >= 4 is 0 Å². The molecule has 1 fully saturated rings. The van der Waals surface area contributed by atoms with E-state index in [0.29, 0.717) is 13.0 Å². The zero-order chi connectivity index (χ0) is 16.2. The summed E-state index contributed by atoms with van der Waals surface area (Å²) in [6.07, 6.45) is -0.783. The third kappa shape index (κ3) is 3.98. The summed E-state index contributed by atoms with van der Waals surface area (Å²) in [7, 11) is 0. The van der Waals surface area contributed by atoms with Crippen LogP contribution in [0.1, 0.15) is 18.9 Å². The molecule has 1 saturated heterocycles. The zero-order valence-corrected chi connectivity index (χ0v) is 13.3. The van der Waals surface area contributed by atoms with Crippen molar-refractivity contribution in [3.8, 4) is 11.1 Å². The Morgan fingerprint density at radius 1 is 1.09 bits per heavy atom. The van der Waals surface area contributed by atoms with Crippen LogP contribution in [0, 0.1) is 0 Å². The summed E-state index contributed by atoms with van der Waals surface area (Å²) in [5.74, 6) is 0. The van der Waals surface area contributed by atoms with E-state index < -0.39 is 6.10 Å². The van der Waals surface area contributed by atoms with Gasteiger partial charge in [-0.2, -0.15) is 0 Å². The predicted octanol–water partition coefficient (Wildman–Crippen LogP) is 2.69. The molecule has 1 heterocycles. The Balaban J connectivity index is 1.57. The summed E-state index contributed by atoms with van der Waals surface area (Å²) in [4.78, 5) is 0. The summed E-state index contributed by atoms with van der Waals surface area (Å²) in [5.41, 5.74) is 9.37. The Labute approximate surface area is 136 Å². The molecule has 3 rings (SSSR count). The molecule has 2 aromatic rings. The molecule has 0 aromatic heterocycles. The number of hydrogen-bond donors (Lipinski definition) is 2. The normalized spacial score (nSPS) is 27.8. The number of nitrogens with two attached hydrogens (primary N) is 1. The molecule has 0 amide bonds. The van der Waals surface area contributed by atoms with E-state index in [9.17, 15) is 5.11 Å². The minimum Gasteiger partial charge on any atom is -0.389 e. The van der Waals surface area contributed by atoms with Gasteiger partial charge < -0.3 is 20.3 Å². The summed E-state index contributed by atoms with van der Waals surface area (Å²) < 4.78 is 11.4. The van der Waals surface area contributed by atoms with Gasteiger partial charge in [-0.05, 0) is 23.6 Å². The first-order valence-electron chi connectivity index (χ1n) is 7.98. The lowest BCUT2D eigenvalue weighted by Crippen LogP contribution is -2.51. The number of ether oxygens (including phenoxy) is 2. The van der Waals surface area contributed by atoms with Crippen LogP contribution in [0.4, 0.5) is 0 Å². The highest BCUT2D eigenvalue weighted by molar-refractivity contribution is 5.63. The number of hydrogen-bond acceptors (Lipinski definition) is 4. The molecule has 0 unspecified atom stereocenters. The summed E-state index contributed by atoms with van der Waals surface area (Å²) in [6, 6.07) is 18.3. The lowest BCUT2D eigenvalue weighted by Gasteiger charge is -2.35. The summed E-state index contributed by atoms with van der Waals surface area (Å²) in [6.45, 7) is 2.28. The van der Waals surface area contributed by atoms with Gasteiger partial charge in [0.2, 0.25) is 0 Å². The first kappa shape index (κ1) is 16.1. The second-order valence-corrected chi connectivity index (χ2v) is 6.03. The fourth-order valence-electron chi connectivity index (χ4n) is 2.81. The number of rotatable bonds is 4. The van der Waals surface area contributed by atoms with E-state index in [1.165, 1.54) is 11.1 Å². The maximum atomic E-state index is 9.78. The number of benzene rings is 2. The maximum Gasteiger partial charge on any atom is 0.160 e. The average Bonchev–Trinajstić information content (AvgIpc) is 2.59. The van der Waals surface area contributed by atoms with E-state index in [0.717, 1.165) is 5.56 Å². The van der Waals surface area contributed by atoms with E-state index in [1.807, 2.05) is 25.1 Å². The lowest BCUT2D eigenvalue weighted by molar-refractivity contribution is -0.226. The molecule has 4 heteroatoms. The van der Waals surface area contributed by atoms with Crippen molar-refractivity contribution in [1.82, 2.24) is 0 Å². The van der Waals surface area contributed by atoms with Crippen molar-refractivity contribution in [1.29, 1.82) is 0 Å². The van der Waals surface area contributed by atoms with Gasteiger partial charge in [-0.3, -0.25) is 0 Å². The lowest BCUT2D eigenvalue weighted by atomic mass is 10.0. The smallest absolute Gasteiger partial charge is 0.160 e. The third-order valence-electron chi connectivity index (χ3n) is 4.25. The van der Waals surface area contributed by atoms with Crippen molar-refractivity contribution in [2.24, 2.45) is 5.73 Å². The second-order valence-electron chi connectivity index (χ2n) is 6.03. The highest BCUT2D eigenvalue weighted by Gasteiger charge is 2.33. The number of aliphatic hydroxyl groups excluding tert-OH is 1. The monoisotopic (exact) mass is 313 g/mol. The molecule has 1 aliphatic heterocycles. The molecule has 4 nitrogen and oxygen atoms in total. The molecular formula is C19H23NO3. The molecule has 3 N–H and O–H groups in total. The third-order valence-corrected chi connectivity index (χ3v) is 4.25.